The van der Waals surface area contributed by atoms with E-state index in [2.05, 4.69) is 10.2 Å². The molecule has 3 aromatic rings. The van der Waals surface area contributed by atoms with E-state index >= 15 is 0 Å². The molecule has 1 aliphatic rings. The number of nitrogens with zero attached hydrogens (tertiary/aromatic N) is 2. The molecule has 188 valence electrons. The molecule has 4 rings (SSSR count). The molecule has 1 N–H and O–H groups in total. The van der Waals surface area contributed by atoms with Crippen molar-refractivity contribution >= 4 is 29.3 Å². The first kappa shape index (κ1) is 25.5. The van der Waals surface area contributed by atoms with E-state index in [1.807, 2.05) is 77.7 Å². The second kappa shape index (κ2) is 12.4. The monoisotopic (exact) mass is 507 g/mol. The van der Waals surface area contributed by atoms with Crippen molar-refractivity contribution in [2.45, 2.75) is 19.6 Å². The van der Waals surface area contributed by atoms with Gasteiger partial charge in [-0.3, -0.25) is 9.69 Å². The van der Waals surface area contributed by atoms with Gasteiger partial charge in [0.05, 0.1) is 13.5 Å². The minimum atomic E-state index is -0.283. The summed E-state index contributed by atoms with van der Waals surface area (Å²) in [6.07, 6.45) is 0.203. The molecule has 1 heterocycles. The molecular weight excluding hydrogens is 478 g/mol. The molecule has 7 nitrogen and oxygen atoms in total. The van der Waals surface area contributed by atoms with E-state index < -0.39 is 0 Å². The van der Waals surface area contributed by atoms with Crippen molar-refractivity contribution in [1.82, 2.24) is 9.80 Å². The van der Waals surface area contributed by atoms with Crippen LogP contribution >= 0.6 is 11.6 Å². The first-order valence-electron chi connectivity index (χ1n) is 11.9. The number of carbonyl (C=O) groups excluding carboxylic acids is 2. The highest BCUT2D eigenvalue weighted by Crippen LogP contribution is 2.25. The predicted octanol–water partition coefficient (Wildman–Crippen LogP) is 4.98. The number of benzene rings is 3. The smallest absolute Gasteiger partial charge is 0.321 e. The summed E-state index contributed by atoms with van der Waals surface area (Å²) in [7, 11) is 1.39. The number of nitrogens with one attached hydrogen (secondary N) is 1. The first-order chi connectivity index (χ1) is 17.5. The largest absolute Gasteiger partial charge is 0.489 e. The summed E-state index contributed by atoms with van der Waals surface area (Å²) < 4.78 is 11.0. The molecular formula is C28H30ClN3O4. The average molecular weight is 508 g/mol. The topological polar surface area (TPSA) is 71.1 Å². The number of carbonyl (C=O) groups is 2. The van der Waals surface area contributed by atoms with Crippen molar-refractivity contribution in [3.8, 4) is 5.75 Å². The molecule has 1 aliphatic heterocycles. The Morgan fingerprint density at radius 1 is 0.917 bits per heavy atom. The first-order valence-corrected chi connectivity index (χ1v) is 12.3. The fourth-order valence-electron chi connectivity index (χ4n) is 4.06. The lowest BCUT2D eigenvalue weighted by atomic mass is 10.1. The molecule has 1 saturated heterocycles. The standard InChI is InChI=1S/C28H30ClN3O4/c1-35-27(33)18-22-9-12-26(36-20-21-7-10-24(29)11-8-21)23(17-22)19-31-13-15-32(16-14-31)28(34)30-25-5-3-2-4-6-25/h2-12,17H,13-16,18-20H2,1H3,(H,30,34). The summed E-state index contributed by atoms with van der Waals surface area (Å²) in [6, 6.07) is 22.7. The van der Waals surface area contributed by atoms with Crippen molar-refractivity contribution in [2.24, 2.45) is 0 Å². The highest BCUT2D eigenvalue weighted by molar-refractivity contribution is 6.30. The summed E-state index contributed by atoms with van der Waals surface area (Å²) in [5.41, 5.74) is 3.67. The summed E-state index contributed by atoms with van der Waals surface area (Å²) in [6.45, 7) is 3.79. The van der Waals surface area contributed by atoms with Crippen LogP contribution in [0.4, 0.5) is 10.5 Å². The molecule has 0 aromatic heterocycles. The maximum absolute atomic E-state index is 12.6. The van der Waals surface area contributed by atoms with Gasteiger partial charge in [0.2, 0.25) is 0 Å². The molecule has 0 radical (unpaired) electrons. The van der Waals surface area contributed by atoms with Gasteiger partial charge in [-0.25, -0.2) is 4.79 Å². The van der Waals surface area contributed by atoms with Crippen LogP contribution in [0.3, 0.4) is 0 Å². The molecule has 0 saturated carbocycles. The number of piperazine rings is 1. The van der Waals surface area contributed by atoms with E-state index in [-0.39, 0.29) is 18.4 Å². The lowest BCUT2D eigenvalue weighted by Crippen LogP contribution is -2.49. The number of hydrogen-bond donors (Lipinski definition) is 1. The molecule has 0 atom stereocenters. The van der Waals surface area contributed by atoms with E-state index in [1.165, 1.54) is 7.11 Å². The third kappa shape index (κ3) is 7.23. The highest BCUT2D eigenvalue weighted by Gasteiger charge is 2.22. The number of para-hydroxylation sites is 1. The lowest BCUT2D eigenvalue weighted by molar-refractivity contribution is -0.139. The van der Waals surface area contributed by atoms with E-state index in [9.17, 15) is 9.59 Å². The van der Waals surface area contributed by atoms with Gasteiger partial charge < -0.3 is 19.7 Å². The van der Waals surface area contributed by atoms with Crippen LogP contribution in [0.25, 0.3) is 0 Å². The van der Waals surface area contributed by atoms with Gasteiger partial charge in [0.25, 0.3) is 0 Å². The lowest BCUT2D eigenvalue weighted by Gasteiger charge is -2.35. The fraction of sp³-hybridized carbons (Fsp3) is 0.286. The number of urea groups is 1. The molecule has 0 aliphatic carbocycles. The number of esters is 1. The minimum absolute atomic E-state index is 0.0899. The maximum Gasteiger partial charge on any atom is 0.321 e. The van der Waals surface area contributed by atoms with E-state index in [1.54, 1.807) is 0 Å². The van der Waals surface area contributed by atoms with E-state index in [0.29, 0.717) is 31.3 Å². The Labute approximate surface area is 216 Å². The molecule has 3 aromatic carbocycles. The molecule has 0 bridgehead atoms. The molecule has 36 heavy (non-hydrogen) atoms. The van der Waals surface area contributed by atoms with Crippen LogP contribution in [0.1, 0.15) is 16.7 Å². The number of rotatable bonds is 8. The van der Waals surface area contributed by atoms with Crippen LogP contribution in [0.15, 0.2) is 72.8 Å². The zero-order chi connectivity index (χ0) is 25.3. The second-order valence-electron chi connectivity index (χ2n) is 8.67. The minimum Gasteiger partial charge on any atom is -0.489 e. The third-order valence-corrected chi connectivity index (χ3v) is 6.34. The van der Waals surface area contributed by atoms with Crippen LogP contribution in [0.5, 0.6) is 5.75 Å². The molecule has 2 amide bonds. The van der Waals surface area contributed by atoms with Gasteiger partial charge in [-0.15, -0.1) is 0 Å². The van der Waals surface area contributed by atoms with Crippen molar-refractivity contribution in [2.75, 3.05) is 38.6 Å². The zero-order valence-electron chi connectivity index (χ0n) is 20.3. The van der Waals surface area contributed by atoms with Crippen LogP contribution in [0, 0.1) is 0 Å². The van der Waals surface area contributed by atoms with Gasteiger partial charge in [-0.1, -0.05) is 54.1 Å². The number of hydrogen-bond acceptors (Lipinski definition) is 5. The predicted molar refractivity (Wildman–Crippen MR) is 140 cm³/mol. The van der Waals surface area contributed by atoms with Crippen LogP contribution < -0.4 is 10.1 Å². The molecule has 0 spiro atoms. The number of methoxy groups -OCH3 is 1. The molecule has 0 unspecified atom stereocenters. The Morgan fingerprint density at radius 3 is 2.31 bits per heavy atom. The quantitative estimate of drug-likeness (QED) is 0.435. The zero-order valence-corrected chi connectivity index (χ0v) is 21.0. The second-order valence-corrected chi connectivity index (χ2v) is 9.11. The normalized spacial score (nSPS) is 13.8. The fourth-order valence-corrected chi connectivity index (χ4v) is 4.19. The van der Waals surface area contributed by atoms with E-state index in [0.717, 1.165) is 41.2 Å². The summed E-state index contributed by atoms with van der Waals surface area (Å²) >= 11 is 5.99. The van der Waals surface area contributed by atoms with Gasteiger partial charge in [0.15, 0.2) is 0 Å². The average Bonchev–Trinajstić information content (AvgIpc) is 2.90. The Bertz CT molecular complexity index is 1160. The Kier molecular flexibility index (Phi) is 8.81. The van der Waals surface area contributed by atoms with Gasteiger partial charge in [0.1, 0.15) is 12.4 Å². The van der Waals surface area contributed by atoms with Gasteiger partial charge in [0, 0.05) is 49.0 Å². The Morgan fingerprint density at radius 2 is 1.61 bits per heavy atom. The van der Waals surface area contributed by atoms with Crippen molar-refractivity contribution < 1.29 is 19.1 Å². The number of halogens is 1. The van der Waals surface area contributed by atoms with E-state index in [4.69, 9.17) is 21.1 Å². The molecule has 8 heteroatoms. The van der Waals surface area contributed by atoms with Crippen molar-refractivity contribution in [1.29, 1.82) is 0 Å². The van der Waals surface area contributed by atoms with Crippen LogP contribution in [0.2, 0.25) is 5.02 Å². The SMILES string of the molecule is COC(=O)Cc1ccc(OCc2ccc(Cl)cc2)c(CN2CCN(C(=O)Nc3ccccc3)CC2)c1. The number of ether oxygens (including phenoxy) is 2. The van der Waals surface area contributed by atoms with Gasteiger partial charge in [-0.05, 0) is 41.5 Å². The number of amides is 2. The maximum atomic E-state index is 12.6. The van der Waals surface area contributed by atoms with Crippen LogP contribution in [-0.4, -0.2) is 55.1 Å². The Hall–Kier alpha value is -3.55. The third-order valence-electron chi connectivity index (χ3n) is 6.09. The summed E-state index contributed by atoms with van der Waals surface area (Å²) in [5, 5.41) is 3.63. The summed E-state index contributed by atoms with van der Waals surface area (Å²) in [5.74, 6) is 0.483. The van der Waals surface area contributed by atoms with Gasteiger partial charge in [-0.2, -0.15) is 0 Å². The Balaban J connectivity index is 1.39. The highest BCUT2D eigenvalue weighted by atomic mass is 35.5. The molecule has 1 fully saturated rings. The van der Waals surface area contributed by atoms with Gasteiger partial charge >= 0.3 is 12.0 Å². The van der Waals surface area contributed by atoms with Crippen molar-refractivity contribution in [3.63, 3.8) is 0 Å². The summed E-state index contributed by atoms with van der Waals surface area (Å²) in [4.78, 5) is 28.6. The van der Waals surface area contributed by atoms with Crippen LogP contribution in [-0.2, 0) is 29.1 Å². The van der Waals surface area contributed by atoms with Crippen molar-refractivity contribution in [3.05, 3.63) is 94.5 Å². The number of anilines is 1.